The van der Waals surface area contributed by atoms with Gasteiger partial charge in [-0.15, -0.1) is 0 Å². The Labute approximate surface area is 261 Å². The van der Waals surface area contributed by atoms with E-state index in [1.807, 2.05) is 36.4 Å². The highest BCUT2D eigenvalue weighted by Gasteiger charge is 2.52. The molecule has 0 saturated carbocycles. The summed E-state index contributed by atoms with van der Waals surface area (Å²) in [5.74, 6) is 0.354. The van der Waals surface area contributed by atoms with Crippen molar-refractivity contribution in [1.82, 2.24) is 4.90 Å². The third-order valence-corrected chi connectivity index (χ3v) is 12.6. The zero-order valence-electron chi connectivity index (χ0n) is 26.8. The molecule has 1 saturated heterocycles. The van der Waals surface area contributed by atoms with E-state index in [4.69, 9.17) is 13.9 Å². The molecular weight excluding hydrogens is 572 g/mol. The molecule has 3 aromatic carbocycles. The normalized spacial score (nSPS) is 15.6. The molecule has 1 atom stereocenters. The predicted molar refractivity (Wildman–Crippen MR) is 177 cm³/mol. The number of hydrogen-bond acceptors (Lipinski definition) is 6. The van der Waals surface area contributed by atoms with Gasteiger partial charge in [-0.25, -0.2) is 4.79 Å². The molecule has 0 unspecified atom stereocenters. The Hall–Kier alpha value is -4.08. The molecule has 1 heterocycles. The summed E-state index contributed by atoms with van der Waals surface area (Å²) in [6.45, 7) is 15.9. The summed E-state index contributed by atoms with van der Waals surface area (Å²) in [4.78, 5) is 28.7. The number of carbonyl (C=O) groups excluding carboxylic acids is 2. The van der Waals surface area contributed by atoms with E-state index in [9.17, 15) is 14.7 Å². The number of nitrogens with one attached hydrogen (secondary N) is 1. The topological polar surface area (TPSA) is 97.3 Å². The summed E-state index contributed by atoms with van der Waals surface area (Å²) >= 11 is 0. The first kappa shape index (κ1) is 32.8. The lowest BCUT2D eigenvalue weighted by molar-refractivity contribution is 0.0635. The van der Waals surface area contributed by atoms with Crippen molar-refractivity contribution in [2.45, 2.75) is 64.6 Å². The lowest BCUT2D eigenvalue weighted by Crippen LogP contribution is -2.68. The number of amides is 2. The Morgan fingerprint density at radius 1 is 0.955 bits per heavy atom. The van der Waals surface area contributed by atoms with E-state index >= 15 is 0 Å². The van der Waals surface area contributed by atoms with Gasteiger partial charge in [0.1, 0.15) is 11.4 Å². The van der Waals surface area contributed by atoms with Crippen LogP contribution in [0.25, 0.3) is 0 Å². The largest absolute Gasteiger partial charge is 0.531 e. The van der Waals surface area contributed by atoms with E-state index < -0.39 is 26.1 Å². The van der Waals surface area contributed by atoms with E-state index in [-0.39, 0.29) is 28.8 Å². The smallest absolute Gasteiger partial charge is 0.412 e. The molecule has 0 aromatic heterocycles. The summed E-state index contributed by atoms with van der Waals surface area (Å²) in [6, 6.07) is 23.2. The zero-order chi connectivity index (χ0) is 32.3. The van der Waals surface area contributed by atoms with Gasteiger partial charge in [-0.05, 0) is 48.7 Å². The Morgan fingerprint density at radius 2 is 1.52 bits per heavy atom. The van der Waals surface area contributed by atoms with E-state index in [1.54, 1.807) is 37.8 Å². The van der Waals surface area contributed by atoms with Crippen LogP contribution >= 0.6 is 0 Å². The number of methoxy groups -OCH3 is 1. The maximum atomic E-state index is 14.0. The molecule has 3 aromatic rings. The van der Waals surface area contributed by atoms with Crippen LogP contribution in [0.3, 0.4) is 0 Å². The van der Waals surface area contributed by atoms with E-state index in [2.05, 4.69) is 56.9 Å². The van der Waals surface area contributed by atoms with Crippen molar-refractivity contribution in [3.8, 4) is 11.5 Å². The van der Waals surface area contributed by atoms with Gasteiger partial charge >= 0.3 is 14.4 Å². The molecule has 1 aliphatic heterocycles. The van der Waals surface area contributed by atoms with E-state index in [0.29, 0.717) is 24.5 Å². The molecule has 0 bridgehead atoms. The molecule has 4 rings (SSSR count). The van der Waals surface area contributed by atoms with Gasteiger partial charge in [0.2, 0.25) is 0 Å². The molecule has 1 aliphatic rings. The van der Waals surface area contributed by atoms with Gasteiger partial charge in [0, 0.05) is 12.6 Å². The predicted octanol–water partition coefficient (Wildman–Crippen LogP) is 5.74. The van der Waals surface area contributed by atoms with Crippen molar-refractivity contribution in [3.05, 3.63) is 90.5 Å². The number of hydrogen-bond donors (Lipinski definition) is 2. The minimum atomic E-state index is -3.10. The Morgan fingerprint density at radius 3 is 2.00 bits per heavy atom. The Kier molecular flexibility index (Phi) is 9.61. The average Bonchev–Trinajstić information content (AvgIpc) is 3.35. The highest BCUT2D eigenvalue weighted by atomic mass is 28.4. The van der Waals surface area contributed by atoms with Crippen LogP contribution < -0.4 is 24.9 Å². The van der Waals surface area contributed by atoms with Gasteiger partial charge < -0.3 is 23.9 Å². The monoisotopic (exact) mass is 616 g/mol. The maximum absolute atomic E-state index is 14.0. The van der Waals surface area contributed by atoms with Crippen molar-refractivity contribution in [1.29, 1.82) is 0 Å². The van der Waals surface area contributed by atoms with Crippen molar-refractivity contribution in [2.24, 2.45) is 0 Å². The molecule has 0 aliphatic carbocycles. The SMILES string of the molecule is C=C1C[C@@H](CO)N(C(=O)c2cc(OC)c(O[Si](c3ccccc3)(c3ccccc3)C(C)(C)C)cc2NC(=O)OC(C)(C)C)C1. The number of ether oxygens (including phenoxy) is 2. The minimum Gasteiger partial charge on any atom is -0.531 e. The highest BCUT2D eigenvalue weighted by Crippen LogP contribution is 2.42. The van der Waals surface area contributed by atoms with Crippen LogP contribution in [0.1, 0.15) is 58.3 Å². The first-order valence-electron chi connectivity index (χ1n) is 14.8. The van der Waals surface area contributed by atoms with Crippen LogP contribution in [0, 0.1) is 0 Å². The summed E-state index contributed by atoms with van der Waals surface area (Å²) in [6.07, 6.45) is -0.207. The van der Waals surface area contributed by atoms with Gasteiger partial charge in [0.25, 0.3) is 5.91 Å². The second-order valence-electron chi connectivity index (χ2n) is 13.2. The van der Waals surface area contributed by atoms with Crippen molar-refractivity contribution < 1.29 is 28.6 Å². The van der Waals surface area contributed by atoms with Gasteiger partial charge in [0.05, 0.1) is 31.0 Å². The fourth-order valence-electron chi connectivity index (χ4n) is 5.74. The van der Waals surface area contributed by atoms with Crippen molar-refractivity contribution in [3.63, 3.8) is 0 Å². The molecule has 9 heteroatoms. The van der Waals surface area contributed by atoms with Gasteiger partial charge in [-0.3, -0.25) is 10.1 Å². The number of carbonyl (C=O) groups is 2. The van der Waals surface area contributed by atoms with Crippen LogP contribution in [0.2, 0.25) is 5.04 Å². The number of aliphatic hydroxyl groups excluding tert-OH is 1. The molecular formula is C35H44N2O6Si. The summed E-state index contributed by atoms with van der Waals surface area (Å²) in [7, 11) is -1.57. The summed E-state index contributed by atoms with van der Waals surface area (Å²) < 4.78 is 18.7. The number of nitrogens with zero attached hydrogens (tertiary/aromatic N) is 1. The number of benzene rings is 3. The zero-order valence-corrected chi connectivity index (χ0v) is 27.8. The molecule has 1 fully saturated rings. The van der Waals surface area contributed by atoms with Crippen LogP contribution in [0.4, 0.5) is 10.5 Å². The van der Waals surface area contributed by atoms with Crippen LogP contribution in [-0.2, 0) is 4.74 Å². The van der Waals surface area contributed by atoms with Crippen LogP contribution in [0.5, 0.6) is 11.5 Å². The van der Waals surface area contributed by atoms with Crippen LogP contribution in [0.15, 0.2) is 84.9 Å². The number of rotatable bonds is 8. The molecule has 44 heavy (non-hydrogen) atoms. The standard InChI is InChI=1S/C35H44N2O6Si/c1-24-19-25(23-38)37(22-24)32(39)28-20-30(41-8)31(21-29(28)36-33(40)42-34(2,3)4)43-44(35(5,6)7,26-15-11-9-12-16-26)27-17-13-10-14-18-27/h9-18,20-21,25,38H,1,19,22-23H2,2-8H3,(H,36,40)/t25-/m0/s1. The lowest BCUT2D eigenvalue weighted by Gasteiger charge is -2.43. The Balaban J connectivity index is 1.93. The molecule has 234 valence electrons. The first-order chi connectivity index (χ1) is 20.7. The third-order valence-electron chi connectivity index (χ3n) is 7.68. The van der Waals surface area contributed by atoms with Crippen LogP contribution in [-0.4, -0.2) is 62.2 Å². The molecule has 0 radical (unpaired) electrons. The van der Waals surface area contributed by atoms with E-state index in [0.717, 1.165) is 15.9 Å². The fraction of sp³-hybridized carbons (Fsp3) is 0.371. The highest BCUT2D eigenvalue weighted by molar-refractivity contribution is 7.00. The molecule has 8 nitrogen and oxygen atoms in total. The van der Waals surface area contributed by atoms with Gasteiger partial charge in [-0.1, -0.05) is 93.6 Å². The van der Waals surface area contributed by atoms with Crippen molar-refractivity contribution >= 4 is 36.4 Å². The maximum Gasteiger partial charge on any atom is 0.412 e. The first-order valence-corrected chi connectivity index (χ1v) is 16.7. The Bertz CT molecular complexity index is 1460. The number of likely N-dealkylation sites (tertiary alicyclic amines) is 1. The minimum absolute atomic E-state index is 0.190. The summed E-state index contributed by atoms with van der Waals surface area (Å²) in [5, 5.41) is 14.6. The molecule has 0 spiro atoms. The van der Waals surface area contributed by atoms with E-state index in [1.165, 1.54) is 7.11 Å². The van der Waals surface area contributed by atoms with Gasteiger partial charge in [0.15, 0.2) is 5.75 Å². The third kappa shape index (κ3) is 6.84. The fourth-order valence-corrected chi connectivity index (χ4v) is 10.2. The second kappa shape index (κ2) is 12.9. The van der Waals surface area contributed by atoms with Crippen molar-refractivity contribution in [2.75, 3.05) is 25.6 Å². The number of anilines is 1. The van der Waals surface area contributed by atoms with Gasteiger partial charge in [-0.2, -0.15) is 0 Å². The second-order valence-corrected chi connectivity index (χ2v) is 17.4. The quantitative estimate of drug-likeness (QED) is 0.247. The molecule has 2 N–H and O–H groups in total. The summed E-state index contributed by atoms with van der Waals surface area (Å²) in [5.41, 5.74) is 0.490. The lowest BCUT2D eigenvalue weighted by atomic mass is 10.1. The average molecular weight is 617 g/mol. The number of aliphatic hydroxyl groups is 1. The molecule has 2 amide bonds.